The standard InChI is InChI=1S/C14H12ClF3N2/c15-7-5-10-1-3-12(4-2-10)20-13-9-11(6-8-19-13)14(16,17)18/h1-4,6,8-9H,5,7H2,(H,19,20). The zero-order valence-electron chi connectivity index (χ0n) is 10.4. The summed E-state index contributed by atoms with van der Waals surface area (Å²) in [5.74, 6) is 0.687. The van der Waals surface area contributed by atoms with Crippen LogP contribution in [0.25, 0.3) is 0 Å². The van der Waals surface area contributed by atoms with Gasteiger partial charge in [-0.1, -0.05) is 12.1 Å². The van der Waals surface area contributed by atoms with Crippen LogP contribution in [0.5, 0.6) is 0 Å². The van der Waals surface area contributed by atoms with Gasteiger partial charge in [0.2, 0.25) is 0 Å². The molecule has 0 saturated carbocycles. The van der Waals surface area contributed by atoms with Crippen molar-refractivity contribution >= 4 is 23.1 Å². The second-order valence-electron chi connectivity index (χ2n) is 4.19. The molecule has 2 rings (SSSR count). The predicted molar refractivity (Wildman–Crippen MR) is 73.4 cm³/mol. The van der Waals surface area contributed by atoms with Crippen molar-refractivity contribution in [2.75, 3.05) is 11.2 Å². The van der Waals surface area contributed by atoms with Gasteiger partial charge in [-0.25, -0.2) is 4.98 Å². The van der Waals surface area contributed by atoms with Gasteiger partial charge in [0.05, 0.1) is 5.56 Å². The summed E-state index contributed by atoms with van der Waals surface area (Å²) in [6.45, 7) is 0. The molecule has 0 fully saturated rings. The predicted octanol–water partition coefficient (Wildman–Crippen LogP) is 4.63. The number of aromatic nitrogens is 1. The van der Waals surface area contributed by atoms with Gasteiger partial charge in [-0.2, -0.15) is 13.2 Å². The van der Waals surface area contributed by atoms with E-state index >= 15 is 0 Å². The molecular weight excluding hydrogens is 289 g/mol. The van der Waals surface area contributed by atoms with Crippen molar-refractivity contribution in [2.45, 2.75) is 12.6 Å². The summed E-state index contributed by atoms with van der Waals surface area (Å²) in [5, 5.41) is 2.84. The topological polar surface area (TPSA) is 24.9 Å². The Morgan fingerprint density at radius 2 is 1.80 bits per heavy atom. The quantitative estimate of drug-likeness (QED) is 0.833. The van der Waals surface area contributed by atoms with Crippen LogP contribution in [0.1, 0.15) is 11.1 Å². The molecule has 1 aromatic carbocycles. The normalized spacial score (nSPS) is 11.4. The zero-order valence-corrected chi connectivity index (χ0v) is 11.2. The Morgan fingerprint density at radius 1 is 1.10 bits per heavy atom. The maximum Gasteiger partial charge on any atom is 0.416 e. The molecule has 0 aliphatic heterocycles. The van der Waals surface area contributed by atoms with E-state index in [0.717, 1.165) is 30.3 Å². The number of nitrogens with zero attached hydrogens (tertiary/aromatic N) is 1. The van der Waals surface area contributed by atoms with Crippen LogP contribution in [-0.4, -0.2) is 10.9 Å². The number of halogens is 4. The summed E-state index contributed by atoms with van der Waals surface area (Å²) >= 11 is 5.63. The molecule has 0 atom stereocenters. The van der Waals surface area contributed by atoms with E-state index in [2.05, 4.69) is 10.3 Å². The van der Waals surface area contributed by atoms with Crippen molar-refractivity contribution in [3.05, 3.63) is 53.7 Å². The van der Waals surface area contributed by atoms with Gasteiger partial charge in [0.25, 0.3) is 0 Å². The second kappa shape index (κ2) is 6.13. The van der Waals surface area contributed by atoms with Crippen molar-refractivity contribution in [3.63, 3.8) is 0 Å². The molecule has 1 N–H and O–H groups in total. The molecule has 0 radical (unpaired) electrons. The third-order valence-electron chi connectivity index (χ3n) is 2.70. The van der Waals surface area contributed by atoms with Crippen LogP contribution in [0, 0.1) is 0 Å². The maximum atomic E-state index is 12.6. The third-order valence-corrected chi connectivity index (χ3v) is 2.89. The molecule has 2 aromatic rings. The average molecular weight is 301 g/mol. The molecule has 106 valence electrons. The number of nitrogens with one attached hydrogen (secondary N) is 1. The van der Waals surface area contributed by atoms with Crippen molar-refractivity contribution in [1.29, 1.82) is 0 Å². The summed E-state index contributed by atoms with van der Waals surface area (Å²) in [4.78, 5) is 3.87. The third kappa shape index (κ3) is 3.87. The van der Waals surface area contributed by atoms with Gasteiger partial charge in [-0.05, 0) is 36.2 Å². The summed E-state index contributed by atoms with van der Waals surface area (Å²) in [6, 6.07) is 9.23. The first kappa shape index (κ1) is 14.7. The number of alkyl halides is 4. The van der Waals surface area contributed by atoms with Gasteiger partial charge >= 0.3 is 6.18 Å². The fourth-order valence-electron chi connectivity index (χ4n) is 1.69. The van der Waals surface area contributed by atoms with Gasteiger partial charge in [-0.3, -0.25) is 0 Å². The van der Waals surface area contributed by atoms with Crippen molar-refractivity contribution in [1.82, 2.24) is 4.98 Å². The average Bonchev–Trinajstić information content (AvgIpc) is 2.41. The molecule has 0 unspecified atom stereocenters. The fraction of sp³-hybridized carbons (Fsp3) is 0.214. The lowest BCUT2D eigenvalue weighted by atomic mass is 10.1. The number of hydrogen-bond donors (Lipinski definition) is 1. The van der Waals surface area contributed by atoms with Crippen molar-refractivity contribution in [2.24, 2.45) is 0 Å². The molecule has 0 bridgehead atoms. The molecule has 1 aromatic heterocycles. The summed E-state index contributed by atoms with van der Waals surface area (Å²) in [7, 11) is 0. The van der Waals surface area contributed by atoms with E-state index in [1.54, 1.807) is 12.1 Å². The summed E-state index contributed by atoms with van der Waals surface area (Å²) < 4.78 is 37.7. The minimum Gasteiger partial charge on any atom is -0.340 e. The molecule has 6 heteroatoms. The highest BCUT2D eigenvalue weighted by molar-refractivity contribution is 6.17. The summed E-state index contributed by atoms with van der Waals surface area (Å²) in [5.41, 5.74) is 1.02. The summed E-state index contributed by atoms with van der Waals surface area (Å²) in [6.07, 6.45) is -2.49. The van der Waals surface area contributed by atoms with Gasteiger partial charge in [0.15, 0.2) is 0 Å². The monoisotopic (exact) mass is 300 g/mol. The lowest BCUT2D eigenvalue weighted by Crippen LogP contribution is -2.06. The minimum atomic E-state index is -4.37. The molecule has 0 aliphatic rings. The molecular formula is C14H12ClF3N2. The van der Waals surface area contributed by atoms with Crippen molar-refractivity contribution in [3.8, 4) is 0 Å². The highest BCUT2D eigenvalue weighted by Crippen LogP contribution is 2.30. The van der Waals surface area contributed by atoms with Crippen LogP contribution < -0.4 is 5.32 Å². The lowest BCUT2D eigenvalue weighted by molar-refractivity contribution is -0.137. The smallest absolute Gasteiger partial charge is 0.340 e. The SMILES string of the molecule is FC(F)(F)c1ccnc(Nc2ccc(CCCl)cc2)c1. The Balaban J connectivity index is 2.13. The molecule has 0 aliphatic carbocycles. The van der Waals surface area contributed by atoms with Crippen LogP contribution >= 0.6 is 11.6 Å². The Morgan fingerprint density at radius 3 is 2.40 bits per heavy atom. The van der Waals surface area contributed by atoms with Gasteiger partial charge in [-0.15, -0.1) is 11.6 Å². The number of anilines is 2. The van der Waals surface area contributed by atoms with E-state index in [-0.39, 0.29) is 5.82 Å². The number of aryl methyl sites for hydroxylation is 1. The second-order valence-corrected chi connectivity index (χ2v) is 4.57. The lowest BCUT2D eigenvalue weighted by Gasteiger charge is -2.10. The Kier molecular flexibility index (Phi) is 4.49. The zero-order chi connectivity index (χ0) is 14.6. The number of pyridine rings is 1. The Hall–Kier alpha value is -1.75. The van der Waals surface area contributed by atoms with Crippen LogP contribution in [0.4, 0.5) is 24.7 Å². The van der Waals surface area contributed by atoms with E-state index in [9.17, 15) is 13.2 Å². The van der Waals surface area contributed by atoms with Gasteiger partial charge in [0.1, 0.15) is 5.82 Å². The first-order valence-electron chi connectivity index (χ1n) is 5.94. The highest BCUT2D eigenvalue weighted by Gasteiger charge is 2.30. The van der Waals surface area contributed by atoms with Gasteiger partial charge < -0.3 is 5.32 Å². The molecule has 20 heavy (non-hydrogen) atoms. The van der Waals surface area contributed by atoms with Crippen molar-refractivity contribution < 1.29 is 13.2 Å². The first-order chi connectivity index (χ1) is 9.49. The number of rotatable bonds is 4. The van der Waals surface area contributed by atoms with Crippen LogP contribution in [0.3, 0.4) is 0 Å². The Labute approximate surface area is 119 Å². The molecule has 0 saturated heterocycles. The van der Waals surface area contributed by atoms with Gasteiger partial charge in [0, 0.05) is 17.8 Å². The van der Waals surface area contributed by atoms with Crippen LogP contribution in [-0.2, 0) is 12.6 Å². The highest BCUT2D eigenvalue weighted by atomic mass is 35.5. The van der Waals surface area contributed by atoms with E-state index in [4.69, 9.17) is 11.6 Å². The fourth-order valence-corrected chi connectivity index (χ4v) is 1.91. The van der Waals surface area contributed by atoms with E-state index in [0.29, 0.717) is 11.6 Å². The number of hydrogen-bond acceptors (Lipinski definition) is 2. The Bertz CT molecular complexity index is 567. The van der Waals surface area contributed by atoms with E-state index < -0.39 is 11.7 Å². The molecule has 0 amide bonds. The number of benzene rings is 1. The largest absolute Gasteiger partial charge is 0.416 e. The molecule has 2 nitrogen and oxygen atoms in total. The van der Waals surface area contributed by atoms with E-state index in [1.165, 1.54) is 0 Å². The molecule has 0 spiro atoms. The molecule has 1 heterocycles. The first-order valence-corrected chi connectivity index (χ1v) is 6.47. The van der Waals surface area contributed by atoms with E-state index in [1.807, 2.05) is 12.1 Å². The minimum absolute atomic E-state index is 0.157. The van der Waals surface area contributed by atoms with Crippen LogP contribution in [0.2, 0.25) is 0 Å². The van der Waals surface area contributed by atoms with Crippen LogP contribution in [0.15, 0.2) is 42.6 Å². The maximum absolute atomic E-state index is 12.6.